The number of carbonyl (C=O) groups is 1. The zero-order valence-corrected chi connectivity index (χ0v) is 11.3. The minimum atomic E-state index is -2.73. The van der Waals surface area contributed by atoms with Gasteiger partial charge < -0.3 is 0 Å². The number of hydrogen-bond donors (Lipinski definition) is 1. The molecule has 18 heavy (non-hydrogen) atoms. The quantitative estimate of drug-likeness (QED) is 0.846. The minimum Gasteiger partial charge on any atom is -0.296 e. The highest BCUT2D eigenvalue weighted by atomic mass is 35.5. The van der Waals surface area contributed by atoms with E-state index in [-0.39, 0.29) is 12.4 Å². The molecule has 1 aliphatic rings. The largest absolute Gasteiger partial charge is 0.695 e. The van der Waals surface area contributed by atoms with Crippen LogP contribution in [0.2, 0.25) is 5.02 Å². The van der Waals surface area contributed by atoms with E-state index in [1.165, 1.54) is 0 Å². The van der Waals surface area contributed by atoms with E-state index in [9.17, 15) is 9.36 Å². The van der Waals surface area contributed by atoms with Gasteiger partial charge in [0.1, 0.15) is 0 Å². The number of hydrogen-bond acceptors (Lipinski definition) is 3. The average Bonchev–Trinajstić information content (AvgIpc) is 2.27. The van der Waals surface area contributed by atoms with Crippen LogP contribution < -0.4 is 0 Å². The van der Waals surface area contributed by atoms with E-state index < -0.39 is 13.7 Å². The third kappa shape index (κ3) is 2.62. The van der Waals surface area contributed by atoms with Crippen molar-refractivity contribution in [3.8, 4) is 0 Å². The predicted molar refractivity (Wildman–Crippen MR) is 67.8 cm³/mol. The first-order valence-electron chi connectivity index (χ1n) is 5.63. The van der Waals surface area contributed by atoms with Crippen LogP contribution in [0.25, 0.3) is 0 Å². The maximum absolute atomic E-state index is 12.1. The van der Waals surface area contributed by atoms with Crippen LogP contribution in [0.1, 0.15) is 24.8 Å². The predicted octanol–water partition coefficient (Wildman–Crippen LogP) is 3.00. The molecule has 1 aromatic rings. The van der Waals surface area contributed by atoms with Crippen LogP contribution in [0.15, 0.2) is 24.3 Å². The summed E-state index contributed by atoms with van der Waals surface area (Å²) >= 11 is 5.82. The smallest absolute Gasteiger partial charge is 0.296 e. The Balaban J connectivity index is 2.17. The van der Waals surface area contributed by atoms with Gasteiger partial charge in [-0.15, -0.1) is 9.42 Å². The van der Waals surface area contributed by atoms with Gasteiger partial charge in [-0.1, -0.05) is 30.2 Å². The van der Waals surface area contributed by atoms with Gasteiger partial charge in [0.2, 0.25) is 0 Å². The molecular formula is C12H13ClO4P+. The Kier molecular flexibility index (Phi) is 4.13. The van der Waals surface area contributed by atoms with Crippen molar-refractivity contribution >= 4 is 25.6 Å². The van der Waals surface area contributed by atoms with Gasteiger partial charge in [0, 0.05) is 9.59 Å². The Labute approximate surface area is 111 Å². The summed E-state index contributed by atoms with van der Waals surface area (Å²) in [5.41, 5.74) is 0.343. The van der Waals surface area contributed by atoms with E-state index in [4.69, 9.17) is 16.5 Å². The van der Waals surface area contributed by atoms with Crippen molar-refractivity contribution in [2.45, 2.75) is 24.7 Å². The molecule has 1 aromatic carbocycles. The maximum atomic E-state index is 12.1. The van der Waals surface area contributed by atoms with E-state index in [2.05, 4.69) is 4.52 Å². The van der Waals surface area contributed by atoms with Crippen molar-refractivity contribution < 1.29 is 18.8 Å². The molecule has 0 spiro atoms. The van der Waals surface area contributed by atoms with Crippen LogP contribution in [-0.2, 0) is 19.3 Å². The van der Waals surface area contributed by atoms with Gasteiger partial charge >= 0.3 is 8.25 Å². The van der Waals surface area contributed by atoms with Crippen LogP contribution in [0, 0.1) is 0 Å². The minimum absolute atomic E-state index is 0.145. The average molecular weight is 288 g/mol. The highest BCUT2D eigenvalue weighted by Gasteiger charge is 2.46. The van der Waals surface area contributed by atoms with Gasteiger partial charge in [0.15, 0.2) is 12.4 Å². The fraction of sp³-hybridized carbons (Fsp3) is 0.417. The molecule has 0 radical (unpaired) electrons. The van der Waals surface area contributed by atoms with Gasteiger partial charge in [-0.2, -0.15) is 0 Å². The lowest BCUT2D eigenvalue weighted by molar-refractivity contribution is -0.129. The molecule has 1 aliphatic carbocycles. The monoisotopic (exact) mass is 287 g/mol. The molecular weight excluding hydrogens is 275 g/mol. The molecule has 96 valence electrons. The molecule has 1 atom stereocenters. The van der Waals surface area contributed by atoms with Crippen molar-refractivity contribution in [2.24, 2.45) is 0 Å². The fourth-order valence-electron chi connectivity index (χ4n) is 2.28. The Morgan fingerprint density at radius 1 is 1.39 bits per heavy atom. The molecule has 4 nitrogen and oxygen atoms in total. The lowest BCUT2D eigenvalue weighted by Crippen LogP contribution is -2.44. The van der Waals surface area contributed by atoms with Gasteiger partial charge in [-0.05, 0) is 30.5 Å². The molecule has 1 fully saturated rings. The summed E-state index contributed by atoms with van der Waals surface area (Å²) in [5, 5.41) is 0.621. The number of carbonyl (C=O) groups excluding carboxylic acids is 1. The zero-order valence-electron chi connectivity index (χ0n) is 9.63. The zero-order chi connectivity index (χ0) is 13.2. The first-order valence-corrected chi connectivity index (χ1v) is 7.14. The Morgan fingerprint density at radius 3 is 2.44 bits per heavy atom. The topological polar surface area (TPSA) is 63.6 Å². The molecule has 0 saturated heterocycles. The van der Waals surface area contributed by atoms with E-state index in [0.717, 1.165) is 24.8 Å². The summed E-state index contributed by atoms with van der Waals surface area (Å²) in [6, 6.07) is 7.16. The van der Waals surface area contributed by atoms with Gasteiger partial charge in [-0.3, -0.25) is 4.79 Å². The Morgan fingerprint density at radius 2 is 2.00 bits per heavy atom. The molecule has 0 amide bonds. The van der Waals surface area contributed by atoms with Crippen LogP contribution in [0.5, 0.6) is 0 Å². The third-order valence-electron chi connectivity index (χ3n) is 3.44. The molecule has 2 rings (SSSR count). The molecule has 0 heterocycles. The van der Waals surface area contributed by atoms with E-state index in [1.54, 1.807) is 12.1 Å². The summed E-state index contributed by atoms with van der Waals surface area (Å²) < 4.78 is 15.0. The Hall–Kier alpha value is -0.800. The first-order chi connectivity index (χ1) is 8.54. The summed E-state index contributed by atoms with van der Waals surface area (Å²) in [5.74, 6) is -0.145. The number of rotatable bonds is 5. The SMILES string of the molecule is O=C(CO[P+](=O)O)C1(c2ccc(Cl)cc2)CCC1. The van der Waals surface area contributed by atoms with Crippen molar-refractivity contribution in [3.63, 3.8) is 0 Å². The van der Waals surface area contributed by atoms with E-state index >= 15 is 0 Å². The second kappa shape index (κ2) is 5.45. The van der Waals surface area contributed by atoms with Crippen LogP contribution in [0.4, 0.5) is 0 Å². The van der Waals surface area contributed by atoms with Crippen molar-refractivity contribution in [1.82, 2.24) is 0 Å². The van der Waals surface area contributed by atoms with Crippen LogP contribution in [-0.4, -0.2) is 17.3 Å². The number of ketones is 1. The van der Waals surface area contributed by atoms with Crippen LogP contribution in [0.3, 0.4) is 0 Å². The van der Waals surface area contributed by atoms with Crippen molar-refractivity contribution in [1.29, 1.82) is 0 Å². The highest BCUT2D eigenvalue weighted by molar-refractivity contribution is 7.32. The molecule has 1 unspecified atom stereocenters. The van der Waals surface area contributed by atoms with Gasteiger partial charge in [-0.25, -0.2) is 0 Å². The molecule has 0 aromatic heterocycles. The first kappa shape index (κ1) is 13.6. The second-order valence-electron chi connectivity index (χ2n) is 4.38. The fourth-order valence-corrected chi connectivity index (χ4v) is 2.63. The summed E-state index contributed by atoms with van der Waals surface area (Å²) in [4.78, 5) is 20.7. The van der Waals surface area contributed by atoms with Crippen molar-refractivity contribution in [2.75, 3.05) is 6.61 Å². The van der Waals surface area contributed by atoms with Gasteiger partial charge in [0.05, 0.1) is 5.41 Å². The second-order valence-corrected chi connectivity index (χ2v) is 5.55. The third-order valence-corrected chi connectivity index (χ3v) is 4.05. The van der Waals surface area contributed by atoms with E-state index in [0.29, 0.717) is 5.02 Å². The van der Waals surface area contributed by atoms with E-state index in [1.807, 2.05) is 12.1 Å². The summed E-state index contributed by atoms with van der Waals surface area (Å²) in [6.45, 7) is -0.325. The number of benzene rings is 1. The maximum Gasteiger partial charge on any atom is 0.695 e. The lowest BCUT2D eigenvalue weighted by Gasteiger charge is -2.40. The standard InChI is InChI=1S/C12H12ClO4P/c13-10-4-2-9(3-5-10)12(6-1-7-12)11(14)8-17-18(15)16/h2-5H,1,6-8H2/p+1. The summed E-state index contributed by atoms with van der Waals surface area (Å²) in [6.07, 6.45) is 2.47. The lowest BCUT2D eigenvalue weighted by atomic mass is 9.62. The molecule has 0 aliphatic heterocycles. The van der Waals surface area contributed by atoms with Crippen LogP contribution >= 0.6 is 19.9 Å². The molecule has 0 bridgehead atoms. The highest BCUT2D eigenvalue weighted by Crippen LogP contribution is 2.45. The van der Waals surface area contributed by atoms with Crippen molar-refractivity contribution in [3.05, 3.63) is 34.9 Å². The molecule has 1 N–H and O–H groups in total. The summed E-state index contributed by atoms with van der Waals surface area (Å²) in [7, 11) is -2.73. The normalized spacial score (nSPS) is 18.0. The Bertz CT molecular complexity index is 467. The number of halogens is 1. The molecule has 6 heteroatoms. The number of Topliss-reactive ketones (excluding diaryl/α,β-unsaturated/α-hetero) is 1. The van der Waals surface area contributed by atoms with Gasteiger partial charge in [0.25, 0.3) is 0 Å². The molecule has 1 saturated carbocycles.